The number of ether oxygens (including phenoxy) is 1. The fourth-order valence-corrected chi connectivity index (χ4v) is 4.23. The number of nitrogens with one attached hydrogen (secondary N) is 2. The van der Waals surface area contributed by atoms with E-state index in [1.807, 2.05) is 18.8 Å². The second-order valence-electron chi connectivity index (χ2n) is 8.55. The second-order valence-corrected chi connectivity index (χ2v) is 8.55. The van der Waals surface area contributed by atoms with E-state index in [9.17, 15) is 0 Å². The smallest absolute Gasteiger partial charge is 0.191 e. The van der Waals surface area contributed by atoms with E-state index in [0.29, 0.717) is 0 Å². The summed E-state index contributed by atoms with van der Waals surface area (Å²) in [4.78, 5) is 6.98. The van der Waals surface area contributed by atoms with Crippen molar-refractivity contribution in [2.45, 2.75) is 46.2 Å². The molecule has 1 aromatic heterocycles. The average Bonchev–Trinajstić information content (AvgIpc) is 3.00. The molecular formula is C24H39IN6O. The molecule has 2 aromatic rings. The average molecular weight is 555 g/mol. The van der Waals surface area contributed by atoms with Gasteiger partial charge in [0, 0.05) is 45.5 Å². The first-order chi connectivity index (χ1) is 14.9. The number of aryl methyl sites for hydroxylation is 3. The fourth-order valence-electron chi connectivity index (χ4n) is 4.23. The molecule has 0 spiro atoms. The summed E-state index contributed by atoms with van der Waals surface area (Å²) in [5.41, 5.74) is 6.24. The number of halogens is 1. The van der Waals surface area contributed by atoms with Crippen molar-refractivity contribution in [3.05, 3.63) is 52.3 Å². The van der Waals surface area contributed by atoms with Crippen molar-refractivity contribution in [2.24, 2.45) is 12.0 Å². The summed E-state index contributed by atoms with van der Waals surface area (Å²) >= 11 is 0. The standard InChI is InChI=1S/C24H38N6O.HI/c1-17-7-9-21(10-8-17)23(30-11-13-31-14-12-30)16-26-24(25-5)27-18(2)15-22-19(3)28-29(6)20(22)4;/h7-10,18,23H,11-16H2,1-6H3,(H2,25,26,27);1H. The van der Waals surface area contributed by atoms with Crippen LogP contribution in [0.4, 0.5) is 0 Å². The maximum Gasteiger partial charge on any atom is 0.191 e. The Kier molecular flexibility index (Phi) is 10.4. The molecule has 1 saturated heterocycles. The van der Waals surface area contributed by atoms with Crippen LogP contribution in [0.15, 0.2) is 29.3 Å². The number of benzene rings is 1. The minimum Gasteiger partial charge on any atom is -0.379 e. The lowest BCUT2D eigenvalue weighted by Crippen LogP contribution is -2.48. The van der Waals surface area contributed by atoms with E-state index in [2.05, 4.69) is 77.6 Å². The molecule has 7 nitrogen and oxygen atoms in total. The molecule has 0 amide bonds. The number of hydrogen-bond acceptors (Lipinski definition) is 4. The van der Waals surface area contributed by atoms with Crippen molar-refractivity contribution in [2.75, 3.05) is 39.9 Å². The summed E-state index contributed by atoms with van der Waals surface area (Å²) in [6.45, 7) is 12.8. The topological polar surface area (TPSA) is 66.7 Å². The molecule has 2 heterocycles. The first kappa shape index (κ1) is 26.6. The van der Waals surface area contributed by atoms with Crippen molar-refractivity contribution in [3.8, 4) is 0 Å². The Hall–Kier alpha value is -1.65. The maximum absolute atomic E-state index is 5.58. The van der Waals surface area contributed by atoms with Crippen LogP contribution >= 0.6 is 24.0 Å². The van der Waals surface area contributed by atoms with E-state index in [1.165, 1.54) is 22.4 Å². The molecule has 3 rings (SSSR count). The molecule has 2 N–H and O–H groups in total. The molecule has 0 aliphatic carbocycles. The van der Waals surface area contributed by atoms with Gasteiger partial charge >= 0.3 is 0 Å². The molecule has 2 unspecified atom stereocenters. The third-order valence-electron chi connectivity index (χ3n) is 6.19. The van der Waals surface area contributed by atoms with Gasteiger partial charge in [0.1, 0.15) is 0 Å². The molecule has 0 bridgehead atoms. The lowest BCUT2D eigenvalue weighted by atomic mass is 10.0. The van der Waals surface area contributed by atoms with Crippen LogP contribution in [0.25, 0.3) is 0 Å². The Bertz CT molecular complexity index is 873. The predicted octanol–water partition coefficient (Wildman–Crippen LogP) is 3.13. The lowest BCUT2D eigenvalue weighted by Gasteiger charge is -2.35. The molecule has 2 atom stereocenters. The molecule has 8 heteroatoms. The first-order valence-corrected chi connectivity index (χ1v) is 11.2. The van der Waals surface area contributed by atoms with E-state index < -0.39 is 0 Å². The van der Waals surface area contributed by atoms with Gasteiger partial charge in [-0.15, -0.1) is 24.0 Å². The van der Waals surface area contributed by atoms with Crippen LogP contribution in [0.1, 0.15) is 41.0 Å². The molecule has 32 heavy (non-hydrogen) atoms. The monoisotopic (exact) mass is 554 g/mol. The number of aromatic nitrogens is 2. The zero-order chi connectivity index (χ0) is 22.4. The number of morpholine rings is 1. The molecule has 1 fully saturated rings. The second kappa shape index (κ2) is 12.6. The van der Waals surface area contributed by atoms with E-state index in [1.54, 1.807) is 0 Å². The van der Waals surface area contributed by atoms with E-state index >= 15 is 0 Å². The number of rotatable bonds is 7. The largest absolute Gasteiger partial charge is 0.379 e. The van der Waals surface area contributed by atoms with Crippen LogP contribution in [0.5, 0.6) is 0 Å². The molecule has 0 radical (unpaired) electrons. The van der Waals surface area contributed by atoms with Crippen molar-refractivity contribution in [1.82, 2.24) is 25.3 Å². The van der Waals surface area contributed by atoms with Crippen molar-refractivity contribution in [3.63, 3.8) is 0 Å². The van der Waals surface area contributed by atoms with Gasteiger partial charge in [0.25, 0.3) is 0 Å². The van der Waals surface area contributed by atoms with Crippen LogP contribution in [0, 0.1) is 20.8 Å². The zero-order valence-electron chi connectivity index (χ0n) is 20.3. The minimum atomic E-state index is 0. The minimum absolute atomic E-state index is 0. The summed E-state index contributed by atoms with van der Waals surface area (Å²) in [6.07, 6.45) is 0.914. The summed E-state index contributed by atoms with van der Waals surface area (Å²) in [5, 5.41) is 11.7. The van der Waals surface area contributed by atoms with Gasteiger partial charge < -0.3 is 15.4 Å². The zero-order valence-corrected chi connectivity index (χ0v) is 22.6. The fraction of sp³-hybridized carbons (Fsp3) is 0.583. The molecule has 0 saturated carbocycles. The van der Waals surface area contributed by atoms with Gasteiger partial charge in [-0.2, -0.15) is 5.10 Å². The third-order valence-corrected chi connectivity index (χ3v) is 6.19. The van der Waals surface area contributed by atoms with Crippen LogP contribution in [0.2, 0.25) is 0 Å². The molecule has 1 aromatic carbocycles. The highest BCUT2D eigenvalue weighted by atomic mass is 127. The predicted molar refractivity (Wildman–Crippen MR) is 142 cm³/mol. The van der Waals surface area contributed by atoms with Gasteiger partial charge in [-0.3, -0.25) is 14.6 Å². The highest BCUT2D eigenvalue weighted by Crippen LogP contribution is 2.22. The molecule has 1 aliphatic rings. The Morgan fingerprint density at radius 2 is 1.81 bits per heavy atom. The van der Waals surface area contributed by atoms with Crippen molar-refractivity contribution >= 4 is 29.9 Å². The number of hydrogen-bond donors (Lipinski definition) is 2. The quantitative estimate of drug-likeness (QED) is 0.313. The summed E-state index contributed by atoms with van der Waals surface area (Å²) in [7, 11) is 3.83. The Labute approximate surface area is 210 Å². The van der Waals surface area contributed by atoms with Gasteiger partial charge in [0.2, 0.25) is 0 Å². The van der Waals surface area contributed by atoms with E-state index in [0.717, 1.165) is 50.9 Å². The number of aliphatic imine (C=N–C) groups is 1. The maximum atomic E-state index is 5.58. The van der Waals surface area contributed by atoms with Crippen LogP contribution in [-0.4, -0.2) is 66.6 Å². The van der Waals surface area contributed by atoms with Gasteiger partial charge in [0.15, 0.2) is 5.96 Å². The summed E-state index contributed by atoms with van der Waals surface area (Å²) in [6, 6.07) is 9.39. The SMILES string of the molecule is CN=C(NCC(c1ccc(C)cc1)N1CCOCC1)NC(C)Cc1c(C)nn(C)c1C.I. The highest BCUT2D eigenvalue weighted by molar-refractivity contribution is 14.0. The number of guanidine groups is 1. The normalized spacial score (nSPS) is 16.9. The Morgan fingerprint density at radius 3 is 2.38 bits per heavy atom. The third kappa shape index (κ3) is 6.92. The van der Waals surface area contributed by atoms with Gasteiger partial charge in [-0.1, -0.05) is 29.8 Å². The summed E-state index contributed by atoms with van der Waals surface area (Å²) in [5.74, 6) is 0.831. The van der Waals surface area contributed by atoms with Crippen LogP contribution in [-0.2, 0) is 18.2 Å². The first-order valence-electron chi connectivity index (χ1n) is 11.2. The lowest BCUT2D eigenvalue weighted by molar-refractivity contribution is 0.0170. The van der Waals surface area contributed by atoms with Gasteiger partial charge in [-0.25, -0.2) is 0 Å². The van der Waals surface area contributed by atoms with E-state index in [-0.39, 0.29) is 36.1 Å². The van der Waals surface area contributed by atoms with Crippen LogP contribution in [0.3, 0.4) is 0 Å². The van der Waals surface area contributed by atoms with Crippen LogP contribution < -0.4 is 10.6 Å². The molecule has 1 aliphatic heterocycles. The summed E-state index contributed by atoms with van der Waals surface area (Å²) < 4.78 is 7.53. The van der Waals surface area contributed by atoms with E-state index in [4.69, 9.17) is 4.74 Å². The van der Waals surface area contributed by atoms with Gasteiger partial charge in [0.05, 0.1) is 24.9 Å². The highest BCUT2D eigenvalue weighted by Gasteiger charge is 2.23. The Balaban J connectivity index is 0.00000363. The van der Waals surface area contributed by atoms with Crippen molar-refractivity contribution in [1.29, 1.82) is 0 Å². The van der Waals surface area contributed by atoms with Crippen molar-refractivity contribution < 1.29 is 4.74 Å². The number of nitrogens with zero attached hydrogens (tertiary/aromatic N) is 4. The molecular weight excluding hydrogens is 515 g/mol. The Morgan fingerprint density at radius 1 is 1.16 bits per heavy atom. The molecule has 178 valence electrons. The van der Waals surface area contributed by atoms with Gasteiger partial charge in [-0.05, 0) is 45.2 Å².